The lowest BCUT2D eigenvalue weighted by Gasteiger charge is -2.22. The second kappa shape index (κ2) is 9.34. The minimum atomic E-state index is -3.62. The molecule has 1 aliphatic rings. The molecule has 0 bridgehead atoms. The Morgan fingerprint density at radius 1 is 0.969 bits per heavy atom. The van der Waals surface area contributed by atoms with Crippen molar-refractivity contribution in [3.63, 3.8) is 0 Å². The van der Waals surface area contributed by atoms with E-state index in [4.69, 9.17) is 0 Å². The number of benzene rings is 2. The third-order valence-electron chi connectivity index (χ3n) is 6.08. The van der Waals surface area contributed by atoms with Crippen LogP contribution in [0.25, 0.3) is 10.9 Å². The first-order valence-electron chi connectivity index (χ1n) is 11.2. The molecule has 1 aliphatic heterocycles. The molecular weight excluding hydrogens is 424 g/mol. The summed E-state index contributed by atoms with van der Waals surface area (Å²) in [5, 5.41) is 3.84. The van der Waals surface area contributed by atoms with Crippen molar-refractivity contribution in [3.8, 4) is 0 Å². The molecule has 0 spiro atoms. The summed E-state index contributed by atoms with van der Waals surface area (Å²) in [6.45, 7) is 6.52. The lowest BCUT2D eigenvalue weighted by Crippen LogP contribution is -2.39. The molecule has 1 fully saturated rings. The molecule has 1 N–H and O–H groups in total. The third kappa shape index (κ3) is 4.52. The molecule has 0 atom stereocenters. The van der Waals surface area contributed by atoms with E-state index in [0.717, 1.165) is 29.6 Å². The molecule has 8 heteroatoms. The zero-order valence-electron chi connectivity index (χ0n) is 18.6. The van der Waals surface area contributed by atoms with Gasteiger partial charge in [0.25, 0.3) is 0 Å². The van der Waals surface area contributed by atoms with Crippen molar-refractivity contribution in [3.05, 3.63) is 60.3 Å². The SMILES string of the molecule is CCc1ccc(NC(=O)N2CCCN(S(=O)(=O)c3ccc4c(ccn4CC)c3)CC2)cc1. The van der Waals surface area contributed by atoms with Crippen LogP contribution < -0.4 is 5.32 Å². The number of hydrogen-bond acceptors (Lipinski definition) is 3. The molecule has 0 aliphatic carbocycles. The highest BCUT2D eigenvalue weighted by Gasteiger charge is 2.28. The van der Waals surface area contributed by atoms with Crippen LogP contribution >= 0.6 is 0 Å². The molecule has 2 aromatic carbocycles. The zero-order chi connectivity index (χ0) is 22.7. The van der Waals surface area contributed by atoms with Gasteiger partial charge in [0.05, 0.1) is 4.90 Å². The number of anilines is 1. The summed E-state index contributed by atoms with van der Waals surface area (Å²) >= 11 is 0. The van der Waals surface area contributed by atoms with Crippen LogP contribution in [0.5, 0.6) is 0 Å². The van der Waals surface area contributed by atoms with E-state index in [9.17, 15) is 13.2 Å². The first kappa shape index (κ1) is 22.4. The van der Waals surface area contributed by atoms with E-state index < -0.39 is 10.0 Å². The monoisotopic (exact) mass is 454 g/mol. The van der Waals surface area contributed by atoms with Gasteiger partial charge in [0.15, 0.2) is 0 Å². The van der Waals surface area contributed by atoms with Crippen molar-refractivity contribution in [1.29, 1.82) is 0 Å². The number of carbonyl (C=O) groups excluding carboxylic acids is 1. The zero-order valence-corrected chi connectivity index (χ0v) is 19.4. The normalized spacial score (nSPS) is 15.6. The highest BCUT2D eigenvalue weighted by atomic mass is 32.2. The smallest absolute Gasteiger partial charge is 0.321 e. The van der Waals surface area contributed by atoms with Gasteiger partial charge in [-0.05, 0) is 61.7 Å². The Bertz CT molecular complexity index is 1200. The number of nitrogens with one attached hydrogen (secondary N) is 1. The first-order chi connectivity index (χ1) is 15.4. The fourth-order valence-electron chi connectivity index (χ4n) is 4.13. The number of sulfonamides is 1. The number of fused-ring (bicyclic) bond motifs is 1. The lowest BCUT2D eigenvalue weighted by atomic mass is 10.1. The van der Waals surface area contributed by atoms with E-state index >= 15 is 0 Å². The van der Waals surface area contributed by atoms with Gasteiger partial charge in [-0.15, -0.1) is 0 Å². The minimum absolute atomic E-state index is 0.198. The third-order valence-corrected chi connectivity index (χ3v) is 7.97. The van der Waals surface area contributed by atoms with Crippen molar-refractivity contribution in [1.82, 2.24) is 13.8 Å². The molecular formula is C24H30N4O3S. The Kier molecular flexibility index (Phi) is 6.53. The van der Waals surface area contributed by atoms with Crippen LogP contribution in [0.4, 0.5) is 10.5 Å². The van der Waals surface area contributed by atoms with Crippen molar-refractivity contribution in [2.45, 2.75) is 38.1 Å². The van der Waals surface area contributed by atoms with E-state index in [2.05, 4.69) is 23.7 Å². The summed E-state index contributed by atoms with van der Waals surface area (Å²) in [6.07, 6.45) is 3.51. The van der Waals surface area contributed by atoms with Gasteiger partial charge >= 0.3 is 6.03 Å². The van der Waals surface area contributed by atoms with Gasteiger partial charge in [-0.1, -0.05) is 19.1 Å². The average Bonchev–Trinajstić information content (AvgIpc) is 3.04. The van der Waals surface area contributed by atoms with Gasteiger partial charge in [0.2, 0.25) is 10.0 Å². The van der Waals surface area contributed by atoms with Crippen molar-refractivity contribution in [2.75, 3.05) is 31.5 Å². The van der Waals surface area contributed by atoms with E-state index in [1.807, 2.05) is 42.6 Å². The van der Waals surface area contributed by atoms with Crippen LogP contribution in [0.3, 0.4) is 0 Å². The Hall–Kier alpha value is -2.84. The van der Waals surface area contributed by atoms with Crippen LogP contribution in [0.15, 0.2) is 59.6 Å². The molecule has 4 rings (SSSR count). The Labute approximate surface area is 189 Å². The van der Waals surface area contributed by atoms with Crippen molar-refractivity contribution >= 4 is 32.6 Å². The maximum Gasteiger partial charge on any atom is 0.321 e. The Morgan fingerprint density at radius 3 is 2.47 bits per heavy atom. The van der Waals surface area contributed by atoms with E-state index in [1.165, 1.54) is 9.87 Å². The molecule has 2 heterocycles. The maximum atomic E-state index is 13.3. The van der Waals surface area contributed by atoms with Gasteiger partial charge in [-0.3, -0.25) is 0 Å². The number of aryl methyl sites for hydroxylation is 2. The van der Waals surface area contributed by atoms with Gasteiger partial charge in [0, 0.05) is 55.5 Å². The molecule has 32 heavy (non-hydrogen) atoms. The van der Waals surface area contributed by atoms with E-state index in [0.29, 0.717) is 31.0 Å². The summed E-state index contributed by atoms with van der Waals surface area (Å²) in [4.78, 5) is 14.7. The predicted molar refractivity (Wildman–Crippen MR) is 127 cm³/mol. The Balaban J connectivity index is 1.44. The van der Waals surface area contributed by atoms with Crippen LogP contribution in [-0.4, -0.2) is 54.4 Å². The maximum absolute atomic E-state index is 13.3. The molecule has 170 valence electrons. The molecule has 3 aromatic rings. The number of amides is 2. The highest BCUT2D eigenvalue weighted by Crippen LogP contribution is 2.24. The highest BCUT2D eigenvalue weighted by molar-refractivity contribution is 7.89. The summed E-state index contributed by atoms with van der Waals surface area (Å²) < 4.78 is 30.2. The second-order valence-corrected chi connectivity index (χ2v) is 9.99. The van der Waals surface area contributed by atoms with Crippen LogP contribution in [0.1, 0.15) is 25.8 Å². The van der Waals surface area contributed by atoms with Crippen LogP contribution in [-0.2, 0) is 23.0 Å². The molecule has 2 amide bonds. The number of hydrogen-bond donors (Lipinski definition) is 1. The van der Waals surface area contributed by atoms with Crippen molar-refractivity contribution in [2.24, 2.45) is 0 Å². The van der Waals surface area contributed by atoms with Gasteiger partial charge in [0.1, 0.15) is 0 Å². The fourth-order valence-corrected chi connectivity index (χ4v) is 5.63. The molecule has 7 nitrogen and oxygen atoms in total. The number of nitrogens with zero attached hydrogens (tertiary/aromatic N) is 3. The largest absolute Gasteiger partial charge is 0.348 e. The van der Waals surface area contributed by atoms with Crippen LogP contribution in [0.2, 0.25) is 0 Å². The Morgan fingerprint density at radius 2 is 1.75 bits per heavy atom. The molecule has 1 saturated heterocycles. The number of aromatic nitrogens is 1. The molecule has 0 unspecified atom stereocenters. The van der Waals surface area contributed by atoms with Gasteiger partial charge < -0.3 is 14.8 Å². The lowest BCUT2D eigenvalue weighted by molar-refractivity contribution is 0.214. The van der Waals surface area contributed by atoms with E-state index in [1.54, 1.807) is 17.0 Å². The van der Waals surface area contributed by atoms with Gasteiger partial charge in [-0.2, -0.15) is 4.31 Å². The quantitative estimate of drug-likeness (QED) is 0.629. The minimum Gasteiger partial charge on any atom is -0.348 e. The summed E-state index contributed by atoms with van der Waals surface area (Å²) in [6, 6.07) is 14.8. The topological polar surface area (TPSA) is 74.7 Å². The average molecular weight is 455 g/mol. The molecule has 0 radical (unpaired) electrons. The number of carbonyl (C=O) groups is 1. The first-order valence-corrected chi connectivity index (χ1v) is 12.6. The summed E-state index contributed by atoms with van der Waals surface area (Å²) in [5.74, 6) is 0. The van der Waals surface area contributed by atoms with Gasteiger partial charge in [-0.25, -0.2) is 13.2 Å². The fraction of sp³-hybridized carbons (Fsp3) is 0.375. The summed E-state index contributed by atoms with van der Waals surface area (Å²) in [7, 11) is -3.62. The van der Waals surface area contributed by atoms with Crippen LogP contribution in [0, 0.1) is 0 Å². The van der Waals surface area contributed by atoms with E-state index in [-0.39, 0.29) is 12.6 Å². The second-order valence-electron chi connectivity index (χ2n) is 8.05. The standard InChI is InChI=1S/C24H30N4O3S/c1-3-19-6-8-21(9-7-19)25-24(29)27-13-5-14-28(17-16-27)32(30,31)22-10-11-23-20(18-22)12-15-26(23)4-2/h6-12,15,18H,3-5,13-14,16-17H2,1-2H3,(H,25,29). The molecule has 0 saturated carbocycles. The predicted octanol–water partition coefficient (Wildman–Crippen LogP) is 4.15. The summed E-state index contributed by atoms with van der Waals surface area (Å²) in [5.41, 5.74) is 2.98. The number of urea groups is 1. The van der Waals surface area contributed by atoms with Crippen molar-refractivity contribution < 1.29 is 13.2 Å². The number of rotatable bonds is 5. The molecule has 1 aromatic heterocycles.